The number of ether oxygens (including phenoxy) is 2. The number of esters is 1. The molecule has 1 amide bonds. The lowest BCUT2D eigenvalue weighted by Crippen LogP contribution is -2.60. The SMILES string of the molecule is CC(=O)CC[C@]12CC[C@@H](C)[C@](C)(C1)[C@H](OC(=O)CSC1CCC(CNC(=O)CN)CC1)C[C@](C)(CNCc1ccc(OCCN)cc1)[C@@H](O)[C@@H]2C. The first-order chi connectivity index (χ1) is 24.2. The van der Waals surface area contributed by atoms with Gasteiger partial charge in [0.05, 0.1) is 18.4 Å². The highest BCUT2D eigenvalue weighted by Crippen LogP contribution is 2.62. The molecule has 0 saturated heterocycles. The zero-order valence-corrected chi connectivity index (χ0v) is 32.7. The van der Waals surface area contributed by atoms with Gasteiger partial charge >= 0.3 is 5.97 Å². The molecule has 0 radical (unpaired) electrons. The van der Waals surface area contributed by atoms with E-state index in [-0.39, 0.29) is 47.1 Å². The lowest BCUT2D eigenvalue weighted by Gasteiger charge is -2.60. The van der Waals surface area contributed by atoms with Crippen molar-refractivity contribution >= 4 is 29.4 Å². The number of aliphatic hydroxyl groups is 1. The van der Waals surface area contributed by atoms with Crippen molar-refractivity contribution in [3.63, 3.8) is 0 Å². The van der Waals surface area contributed by atoms with Gasteiger partial charge in [-0.15, -0.1) is 11.8 Å². The van der Waals surface area contributed by atoms with E-state index in [1.807, 2.05) is 24.3 Å². The molecule has 7 atom stereocenters. The van der Waals surface area contributed by atoms with Gasteiger partial charge in [-0.1, -0.05) is 39.8 Å². The molecule has 0 spiro atoms. The zero-order valence-electron chi connectivity index (χ0n) is 31.8. The topological polar surface area (TPSA) is 166 Å². The van der Waals surface area contributed by atoms with E-state index in [2.05, 4.69) is 38.3 Å². The molecule has 3 aliphatic rings. The highest BCUT2D eigenvalue weighted by Gasteiger charge is 2.59. The first-order valence-corrected chi connectivity index (χ1v) is 20.4. The van der Waals surface area contributed by atoms with E-state index in [0.29, 0.717) is 68.5 Å². The van der Waals surface area contributed by atoms with Crippen LogP contribution in [0.3, 0.4) is 0 Å². The number of amides is 1. The van der Waals surface area contributed by atoms with Crippen molar-refractivity contribution < 1.29 is 29.0 Å². The van der Waals surface area contributed by atoms with E-state index in [1.165, 1.54) is 0 Å². The van der Waals surface area contributed by atoms with Crippen molar-refractivity contribution in [3.8, 4) is 5.75 Å². The molecule has 3 saturated carbocycles. The van der Waals surface area contributed by atoms with E-state index in [1.54, 1.807) is 18.7 Å². The van der Waals surface area contributed by atoms with Crippen LogP contribution in [0.4, 0.5) is 0 Å². The number of rotatable bonds is 17. The largest absolute Gasteiger partial charge is 0.492 e. The Bertz CT molecular complexity index is 1290. The third-order valence-corrected chi connectivity index (χ3v) is 14.2. The monoisotopic (exact) mass is 730 g/mol. The Hall–Kier alpha value is -2.18. The first-order valence-electron chi connectivity index (χ1n) is 19.3. The van der Waals surface area contributed by atoms with Crippen molar-refractivity contribution in [2.45, 2.75) is 123 Å². The maximum atomic E-state index is 13.7. The van der Waals surface area contributed by atoms with Crippen molar-refractivity contribution in [2.24, 2.45) is 45.5 Å². The van der Waals surface area contributed by atoms with Gasteiger partial charge in [-0.05, 0) is 106 Å². The molecule has 3 fully saturated rings. The fourth-order valence-electron chi connectivity index (χ4n) is 9.19. The summed E-state index contributed by atoms with van der Waals surface area (Å²) in [7, 11) is 0. The molecule has 288 valence electrons. The van der Waals surface area contributed by atoms with Gasteiger partial charge in [0.25, 0.3) is 0 Å². The molecule has 0 unspecified atom stereocenters. The number of nitrogens with one attached hydrogen (secondary N) is 2. The average Bonchev–Trinajstić information content (AvgIpc) is 3.12. The number of fused-ring (bicyclic) bond motifs is 2. The van der Waals surface area contributed by atoms with Crippen LogP contribution in [0.25, 0.3) is 0 Å². The predicted octanol–water partition coefficient (Wildman–Crippen LogP) is 4.98. The van der Waals surface area contributed by atoms with Crippen LogP contribution in [0.2, 0.25) is 0 Å². The molecule has 4 rings (SSSR count). The number of hydrogen-bond acceptors (Lipinski definition) is 10. The highest BCUT2D eigenvalue weighted by atomic mass is 32.2. The van der Waals surface area contributed by atoms with Gasteiger partial charge in [0.15, 0.2) is 0 Å². The Morgan fingerprint density at radius 2 is 1.75 bits per heavy atom. The minimum absolute atomic E-state index is 0.0139. The van der Waals surface area contributed by atoms with Gasteiger partial charge in [0, 0.05) is 48.7 Å². The summed E-state index contributed by atoms with van der Waals surface area (Å²) in [5.41, 5.74) is 11.0. The Kier molecular flexibility index (Phi) is 15.3. The number of thioether (sulfide) groups is 1. The number of carbonyl (C=O) groups is 3. The highest BCUT2D eigenvalue weighted by molar-refractivity contribution is 8.00. The fraction of sp³-hybridized carbons (Fsp3) is 0.775. The number of hydrogen-bond donors (Lipinski definition) is 5. The first kappa shape index (κ1) is 41.6. The molecule has 0 aliphatic heterocycles. The van der Waals surface area contributed by atoms with Gasteiger partial charge in [0.2, 0.25) is 5.91 Å². The van der Waals surface area contributed by atoms with Crippen molar-refractivity contribution in [1.82, 2.24) is 10.6 Å². The summed E-state index contributed by atoms with van der Waals surface area (Å²) in [5, 5.41) is 19.3. The Balaban J connectivity index is 1.48. The van der Waals surface area contributed by atoms with Crippen molar-refractivity contribution in [1.29, 1.82) is 0 Å². The summed E-state index contributed by atoms with van der Waals surface area (Å²) in [6.07, 6.45) is 7.57. The van der Waals surface area contributed by atoms with Crippen LogP contribution in [0.15, 0.2) is 24.3 Å². The van der Waals surface area contributed by atoms with Crippen LogP contribution in [-0.4, -0.2) is 78.8 Å². The van der Waals surface area contributed by atoms with Gasteiger partial charge in [-0.25, -0.2) is 0 Å². The van der Waals surface area contributed by atoms with Crippen molar-refractivity contribution in [3.05, 3.63) is 29.8 Å². The van der Waals surface area contributed by atoms with Crippen LogP contribution in [0.5, 0.6) is 5.75 Å². The normalized spacial score (nSPS) is 33.8. The number of carbonyl (C=O) groups excluding carboxylic acids is 3. The van der Waals surface area contributed by atoms with E-state index in [9.17, 15) is 19.5 Å². The second kappa shape index (κ2) is 18.7. The zero-order chi connectivity index (χ0) is 37.2. The van der Waals surface area contributed by atoms with E-state index in [4.69, 9.17) is 20.9 Å². The Morgan fingerprint density at radius 3 is 2.39 bits per heavy atom. The average molecular weight is 731 g/mol. The van der Waals surface area contributed by atoms with E-state index < -0.39 is 11.5 Å². The molecular formula is C40H66N4O6S. The maximum absolute atomic E-state index is 13.7. The summed E-state index contributed by atoms with van der Waals surface area (Å²) in [4.78, 5) is 37.6. The van der Waals surface area contributed by atoms with E-state index in [0.717, 1.165) is 62.7 Å². The quantitative estimate of drug-likeness (QED) is 0.138. The molecule has 51 heavy (non-hydrogen) atoms. The molecule has 11 heteroatoms. The molecule has 0 aromatic heterocycles. The predicted molar refractivity (Wildman–Crippen MR) is 204 cm³/mol. The second-order valence-corrected chi connectivity index (χ2v) is 17.9. The molecule has 2 bridgehead atoms. The van der Waals surface area contributed by atoms with Crippen LogP contribution in [0.1, 0.15) is 104 Å². The lowest BCUT2D eigenvalue weighted by molar-refractivity contribution is -0.192. The van der Waals surface area contributed by atoms with E-state index >= 15 is 0 Å². The second-order valence-electron chi connectivity index (χ2n) is 16.6. The van der Waals surface area contributed by atoms with Gasteiger partial charge in [-0.2, -0.15) is 0 Å². The number of benzene rings is 1. The standard InChI is InChI=1S/C40H66N4O6S/c1-27-14-16-40(17-15-28(2)45)25-39(27,5)34(50-36(47)24-51-33-12-8-31(9-13-33)23-44-35(46)21-42)20-38(4,37(48)29(40)3)26-43-22-30-6-10-32(11-7-30)49-19-18-41/h6-7,10-11,27,29,31,33-34,37,43,48H,8-9,12-26,41-42H2,1-5H3,(H,44,46)/t27-,29+,31?,33?,34-,37+,38-,39+,40-/m1/s1. The number of aliphatic hydroxyl groups excluding tert-OH is 1. The van der Waals surface area contributed by atoms with Crippen molar-refractivity contribution in [2.75, 3.05) is 38.5 Å². The Labute approximate surface area is 310 Å². The van der Waals surface area contributed by atoms with Gasteiger partial charge < -0.3 is 41.5 Å². The molecule has 10 nitrogen and oxygen atoms in total. The van der Waals surface area contributed by atoms with Crippen LogP contribution in [0, 0.1) is 34.0 Å². The van der Waals surface area contributed by atoms with Gasteiger partial charge in [0.1, 0.15) is 24.2 Å². The molecular weight excluding hydrogens is 665 g/mol. The number of Topliss-reactive ketones (excluding diaryl/α,β-unsaturated/α-hetero) is 1. The number of ketones is 1. The molecule has 0 heterocycles. The molecule has 1 aromatic carbocycles. The lowest BCUT2D eigenvalue weighted by atomic mass is 9.47. The minimum atomic E-state index is -0.651. The fourth-order valence-corrected chi connectivity index (χ4v) is 10.2. The molecule has 3 aliphatic carbocycles. The summed E-state index contributed by atoms with van der Waals surface area (Å²) >= 11 is 1.69. The number of nitrogens with two attached hydrogens (primary N) is 2. The summed E-state index contributed by atoms with van der Waals surface area (Å²) in [6, 6.07) is 7.98. The van der Waals surface area contributed by atoms with Crippen LogP contribution in [-0.2, 0) is 25.7 Å². The van der Waals surface area contributed by atoms with Gasteiger partial charge in [-0.3, -0.25) is 9.59 Å². The molecule has 7 N–H and O–H groups in total. The third kappa shape index (κ3) is 10.9. The summed E-state index contributed by atoms with van der Waals surface area (Å²) in [5.74, 6) is 1.70. The minimum Gasteiger partial charge on any atom is -0.492 e. The van der Waals surface area contributed by atoms with Crippen LogP contribution < -0.4 is 26.8 Å². The smallest absolute Gasteiger partial charge is 0.316 e. The summed E-state index contributed by atoms with van der Waals surface area (Å²) < 4.78 is 12.2. The molecule has 1 aromatic rings. The maximum Gasteiger partial charge on any atom is 0.316 e. The third-order valence-electron chi connectivity index (χ3n) is 12.9. The van der Waals surface area contributed by atoms with Crippen LogP contribution >= 0.6 is 11.8 Å². The Morgan fingerprint density at radius 1 is 1.04 bits per heavy atom. The summed E-state index contributed by atoms with van der Waals surface area (Å²) in [6.45, 7) is 13.4.